The third-order valence-corrected chi connectivity index (χ3v) is 9.90. The number of nitrogens with zero attached hydrogens (tertiary/aromatic N) is 5. The Hall–Kier alpha value is -4.20. The van der Waals surface area contributed by atoms with Gasteiger partial charge in [0, 0.05) is 55.6 Å². The van der Waals surface area contributed by atoms with Crippen molar-refractivity contribution < 1.29 is 38.3 Å². The first-order valence-corrected chi connectivity index (χ1v) is 16.7. The number of aromatic nitrogens is 3. The Morgan fingerprint density at radius 1 is 1.04 bits per heavy atom. The summed E-state index contributed by atoms with van der Waals surface area (Å²) >= 11 is 0. The number of Topliss-reactive ketones (excluding diaryl/α,β-unsaturated/α-hetero) is 2. The molecule has 14 heteroatoms. The average molecular weight is 670 g/mol. The third-order valence-electron chi connectivity index (χ3n) is 9.90. The number of esters is 1. The first-order chi connectivity index (χ1) is 22.7. The van der Waals surface area contributed by atoms with Crippen molar-refractivity contribution in [3.05, 3.63) is 40.6 Å². The Balaban J connectivity index is 1.54. The van der Waals surface area contributed by atoms with Gasteiger partial charge < -0.3 is 19.1 Å². The second kappa shape index (κ2) is 15.3. The van der Waals surface area contributed by atoms with Gasteiger partial charge in [0.25, 0.3) is 5.69 Å². The molecule has 14 nitrogen and oxygen atoms in total. The quantitative estimate of drug-likeness (QED) is 0.115. The van der Waals surface area contributed by atoms with Crippen molar-refractivity contribution >= 4 is 29.3 Å². The molecule has 8 atom stereocenters. The number of hydrogen-bond donors (Lipinski definition) is 0. The number of carbonyl (C=O) groups is 4. The van der Waals surface area contributed by atoms with Crippen LogP contribution < -0.4 is 0 Å². The molecule has 0 spiro atoms. The molecule has 2 aromatic rings. The second-order valence-electron chi connectivity index (χ2n) is 13.4. The van der Waals surface area contributed by atoms with Crippen LogP contribution in [-0.2, 0) is 35.1 Å². The maximum Gasteiger partial charge on any atom is 0.410 e. The van der Waals surface area contributed by atoms with Gasteiger partial charge in [0.15, 0.2) is 5.60 Å². The lowest BCUT2D eigenvalue weighted by atomic mass is 9.76. The summed E-state index contributed by atoms with van der Waals surface area (Å²) in [4.78, 5) is 66.3. The summed E-state index contributed by atoms with van der Waals surface area (Å²) in [7, 11) is 1.55. The van der Waals surface area contributed by atoms with Crippen molar-refractivity contribution in [1.29, 1.82) is 0 Å². The average Bonchev–Trinajstić information content (AvgIpc) is 3.64. The number of benzene rings is 1. The highest BCUT2D eigenvalue weighted by Crippen LogP contribution is 2.41. The number of fused-ring (bicyclic) bond motifs is 1. The Kier molecular flexibility index (Phi) is 11.7. The van der Waals surface area contributed by atoms with Crippen molar-refractivity contribution in [3.63, 3.8) is 0 Å². The molecule has 262 valence electrons. The first kappa shape index (κ1) is 36.6. The number of nitro benzene ring substituents is 1. The number of hydrogen-bond acceptors (Lipinski definition) is 11. The monoisotopic (exact) mass is 669 g/mol. The SMILES string of the molecule is CC[C@H]1OC(=O)[C@H](C)C(=O)[C@H](C)C[C@@H](OC)C[C@@H](C)C(=O)[C@H](C)[C@@H]2N(CCCCn3cc(-c4cccc([N+](=O)[O-])c4)nn3)C(=O)O[C@@]21C. The molecule has 0 unspecified atom stereocenters. The molecule has 2 aliphatic heterocycles. The number of non-ortho nitro benzene ring substituents is 1. The van der Waals surface area contributed by atoms with E-state index in [0.29, 0.717) is 49.9 Å². The van der Waals surface area contributed by atoms with E-state index in [1.54, 1.807) is 55.8 Å². The molecule has 2 aliphatic rings. The lowest BCUT2D eigenvalue weighted by molar-refractivity contribution is -0.384. The molecule has 2 saturated heterocycles. The van der Waals surface area contributed by atoms with Crippen molar-refractivity contribution in [2.75, 3.05) is 13.7 Å². The molecule has 0 bridgehead atoms. The number of aryl methyl sites for hydroxylation is 1. The van der Waals surface area contributed by atoms with Crippen molar-refractivity contribution in [2.45, 2.75) is 104 Å². The number of nitro groups is 1. The highest BCUT2D eigenvalue weighted by Gasteiger charge is 2.59. The fourth-order valence-corrected chi connectivity index (χ4v) is 7.16. The minimum Gasteiger partial charge on any atom is -0.458 e. The molecule has 0 N–H and O–H groups in total. The van der Waals surface area contributed by atoms with E-state index >= 15 is 0 Å². The Labute approximate surface area is 280 Å². The van der Waals surface area contributed by atoms with E-state index < -0.39 is 58.4 Å². The van der Waals surface area contributed by atoms with E-state index in [-0.39, 0.29) is 29.9 Å². The maximum absolute atomic E-state index is 14.0. The Morgan fingerprint density at radius 2 is 1.71 bits per heavy atom. The first-order valence-electron chi connectivity index (χ1n) is 16.7. The molecular weight excluding hydrogens is 622 g/mol. The number of ether oxygens (including phenoxy) is 3. The van der Waals surface area contributed by atoms with E-state index in [1.807, 2.05) is 13.8 Å². The summed E-state index contributed by atoms with van der Waals surface area (Å²) in [5, 5.41) is 19.5. The van der Waals surface area contributed by atoms with Crippen LogP contribution in [0.2, 0.25) is 0 Å². The Morgan fingerprint density at radius 3 is 2.35 bits per heavy atom. The van der Waals surface area contributed by atoms with Gasteiger partial charge in [-0.2, -0.15) is 0 Å². The summed E-state index contributed by atoms with van der Waals surface area (Å²) in [5.41, 5.74) is -0.315. The van der Waals surface area contributed by atoms with Crippen molar-refractivity contribution in [2.24, 2.45) is 23.7 Å². The summed E-state index contributed by atoms with van der Waals surface area (Å²) in [6.07, 6.45) is 2.04. The van der Waals surface area contributed by atoms with Crippen LogP contribution in [0.5, 0.6) is 0 Å². The normalized spacial score (nSPS) is 30.4. The van der Waals surface area contributed by atoms with Crippen molar-refractivity contribution in [1.82, 2.24) is 19.9 Å². The van der Waals surface area contributed by atoms with Crippen LogP contribution in [0.25, 0.3) is 11.3 Å². The minimum absolute atomic E-state index is 0.0392. The largest absolute Gasteiger partial charge is 0.458 e. The zero-order valence-electron chi connectivity index (χ0n) is 28.8. The van der Waals surface area contributed by atoms with Crippen LogP contribution in [0, 0.1) is 33.8 Å². The molecule has 4 rings (SSSR count). The zero-order valence-corrected chi connectivity index (χ0v) is 28.8. The molecule has 3 heterocycles. The van der Waals surface area contributed by atoms with E-state index in [9.17, 15) is 29.3 Å². The number of ketones is 2. The van der Waals surface area contributed by atoms with Crippen LogP contribution in [0.1, 0.15) is 73.6 Å². The van der Waals surface area contributed by atoms with Crippen LogP contribution >= 0.6 is 0 Å². The van der Waals surface area contributed by atoms with Gasteiger partial charge in [0.1, 0.15) is 29.3 Å². The van der Waals surface area contributed by atoms with Crippen LogP contribution in [0.4, 0.5) is 10.5 Å². The predicted molar refractivity (Wildman–Crippen MR) is 174 cm³/mol. The van der Waals surface area contributed by atoms with Gasteiger partial charge in [0.05, 0.1) is 23.3 Å². The predicted octanol–water partition coefficient (Wildman–Crippen LogP) is 5.03. The highest BCUT2D eigenvalue weighted by molar-refractivity contribution is 5.99. The van der Waals surface area contributed by atoms with Gasteiger partial charge in [0.2, 0.25) is 0 Å². The Bertz CT molecular complexity index is 1510. The smallest absolute Gasteiger partial charge is 0.410 e. The summed E-state index contributed by atoms with van der Waals surface area (Å²) in [6.45, 7) is 11.2. The lowest BCUT2D eigenvalue weighted by Crippen LogP contribution is -2.57. The molecule has 48 heavy (non-hydrogen) atoms. The van der Waals surface area contributed by atoms with Gasteiger partial charge in [-0.25, -0.2) is 4.79 Å². The molecule has 1 aromatic heterocycles. The molecule has 0 saturated carbocycles. The van der Waals surface area contributed by atoms with Crippen LogP contribution in [0.3, 0.4) is 0 Å². The molecule has 0 aliphatic carbocycles. The lowest BCUT2D eigenvalue weighted by Gasteiger charge is -2.40. The number of unbranched alkanes of at least 4 members (excludes halogenated alkanes) is 1. The fourth-order valence-electron chi connectivity index (χ4n) is 7.16. The number of cyclic esters (lactones) is 1. The number of carbonyl (C=O) groups excluding carboxylic acids is 4. The second-order valence-corrected chi connectivity index (χ2v) is 13.4. The molecule has 0 radical (unpaired) electrons. The van der Waals surface area contributed by atoms with Gasteiger partial charge in [-0.1, -0.05) is 45.0 Å². The summed E-state index contributed by atoms with van der Waals surface area (Å²) < 4.78 is 19.3. The fraction of sp³-hybridized carbons (Fsp3) is 0.647. The number of rotatable bonds is 9. The summed E-state index contributed by atoms with van der Waals surface area (Å²) in [5.74, 6) is -3.61. The van der Waals surface area contributed by atoms with Gasteiger partial charge in [-0.05, 0) is 46.0 Å². The molecule has 1 aromatic carbocycles. The van der Waals surface area contributed by atoms with E-state index in [4.69, 9.17) is 14.2 Å². The van der Waals surface area contributed by atoms with Gasteiger partial charge in [-0.15, -0.1) is 5.10 Å². The molecule has 2 fully saturated rings. The van der Waals surface area contributed by atoms with E-state index in [2.05, 4.69) is 10.3 Å². The standard InChI is InChI=1S/C34H47N5O9/c1-8-28-34(6)31(22(4)29(40)20(2)16-26(46-7)17-21(3)30(41)23(5)32(42)47-28)38(33(43)48-34)15-10-9-14-37-19-27(35-36-37)24-12-11-13-25(18-24)39(44)45/h11-13,18-23,26,28,31H,8-10,14-17H2,1-7H3/t20-,21-,22+,23-,26+,28-,31+,34-/m1/s1. The van der Waals surface area contributed by atoms with Crippen LogP contribution in [0.15, 0.2) is 30.5 Å². The van der Waals surface area contributed by atoms with E-state index in [1.165, 1.54) is 19.1 Å². The van der Waals surface area contributed by atoms with Gasteiger partial charge >= 0.3 is 12.1 Å². The molecular formula is C34H47N5O9. The summed E-state index contributed by atoms with van der Waals surface area (Å²) in [6, 6.07) is 5.43. The highest BCUT2D eigenvalue weighted by atomic mass is 16.6. The minimum atomic E-state index is -1.35. The van der Waals surface area contributed by atoms with Gasteiger partial charge in [-0.3, -0.25) is 29.2 Å². The maximum atomic E-state index is 14.0. The van der Waals surface area contributed by atoms with E-state index in [0.717, 1.165) is 0 Å². The topological polar surface area (TPSA) is 173 Å². The van der Waals surface area contributed by atoms with Crippen molar-refractivity contribution in [3.8, 4) is 11.3 Å². The zero-order chi connectivity index (χ0) is 35.3. The third kappa shape index (κ3) is 7.74. The van der Waals surface area contributed by atoms with Crippen LogP contribution in [-0.4, -0.2) is 86.0 Å². The number of amides is 1. The number of methoxy groups -OCH3 is 1. The molecule has 1 amide bonds.